The van der Waals surface area contributed by atoms with Crippen LogP contribution in [-0.2, 0) is 6.42 Å². The van der Waals surface area contributed by atoms with E-state index in [1.54, 1.807) is 17.4 Å². The van der Waals surface area contributed by atoms with Gasteiger partial charge in [0.15, 0.2) is 0 Å². The Hall–Kier alpha value is -0.540. The summed E-state index contributed by atoms with van der Waals surface area (Å²) in [6.07, 6.45) is 0.732. The predicted octanol–water partition coefficient (Wildman–Crippen LogP) is 4.61. The van der Waals surface area contributed by atoms with Gasteiger partial charge < -0.3 is 5.73 Å². The zero-order chi connectivity index (χ0) is 12.4. The standard InChI is InChI=1S/C13H13Cl2NS/c1-8-2-5-13(17-8)12(16)6-9-3-4-10(14)7-11(9)15/h2-5,7,12H,6,16H2,1H3. The Morgan fingerprint density at radius 3 is 2.59 bits per heavy atom. The van der Waals surface area contributed by atoms with Gasteiger partial charge in [0.2, 0.25) is 0 Å². The Kier molecular flexibility index (Phi) is 4.10. The summed E-state index contributed by atoms with van der Waals surface area (Å²) in [5.41, 5.74) is 7.20. The van der Waals surface area contributed by atoms with Crippen molar-refractivity contribution in [3.8, 4) is 0 Å². The van der Waals surface area contributed by atoms with Gasteiger partial charge in [0, 0.05) is 25.8 Å². The highest BCUT2D eigenvalue weighted by Gasteiger charge is 2.11. The van der Waals surface area contributed by atoms with Gasteiger partial charge in [-0.1, -0.05) is 29.3 Å². The maximum Gasteiger partial charge on any atom is 0.0453 e. The number of hydrogen-bond acceptors (Lipinski definition) is 2. The topological polar surface area (TPSA) is 26.0 Å². The maximum absolute atomic E-state index is 6.17. The van der Waals surface area contributed by atoms with E-state index in [2.05, 4.69) is 19.1 Å². The minimum Gasteiger partial charge on any atom is -0.323 e. The van der Waals surface area contributed by atoms with Gasteiger partial charge in [-0.2, -0.15) is 0 Å². The normalized spacial score (nSPS) is 12.7. The van der Waals surface area contributed by atoms with Crippen LogP contribution in [-0.4, -0.2) is 0 Å². The molecule has 0 saturated carbocycles. The molecule has 90 valence electrons. The van der Waals surface area contributed by atoms with E-state index in [-0.39, 0.29) is 6.04 Å². The fraction of sp³-hybridized carbons (Fsp3) is 0.231. The summed E-state index contributed by atoms with van der Waals surface area (Å²) in [5, 5.41) is 1.33. The Labute approximate surface area is 115 Å². The van der Waals surface area contributed by atoms with E-state index in [1.165, 1.54) is 9.75 Å². The van der Waals surface area contributed by atoms with E-state index in [9.17, 15) is 0 Å². The molecule has 0 bridgehead atoms. The number of hydrogen-bond donors (Lipinski definition) is 1. The largest absolute Gasteiger partial charge is 0.323 e. The molecule has 2 aromatic rings. The number of aryl methyl sites for hydroxylation is 1. The molecule has 0 saturated heterocycles. The fourth-order valence-corrected chi connectivity index (χ4v) is 3.04. The monoisotopic (exact) mass is 285 g/mol. The average Bonchev–Trinajstić information content (AvgIpc) is 2.69. The molecule has 1 heterocycles. The van der Waals surface area contributed by atoms with Crippen LogP contribution in [0, 0.1) is 6.92 Å². The summed E-state index contributed by atoms with van der Waals surface area (Å²) in [6.45, 7) is 2.08. The zero-order valence-corrected chi connectivity index (χ0v) is 11.7. The highest BCUT2D eigenvalue weighted by Crippen LogP contribution is 2.28. The van der Waals surface area contributed by atoms with Crippen LogP contribution >= 0.6 is 34.5 Å². The molecule has 0 fully saturated rings. The van der Waals surface area contributed by atoms with Crippen LogP contribution in [0.25, 0.3) is 0 Å². The summed E-state index contributed by atoms with van der Waals surface area (Å²) in [6, 6.07) is 9.69. The van der Waals surface area contributed by atoms with Crippen molar-refractivity contribution in [2.45, 2.75) is 19.4 Å². The minimum absolute atomic E-state index is 0.00706. The van der Waals surface area contributed by atoms with Crippen molar-refractivity contribution in [3.63, 3.8) is 0 Å². The lowest BCUT2D eigenvalue weighted by Crippen LogP contribution is -2.11. The molecule has 1 atom stereocenters. The Bertz CT molecular complexity index is 522. The van der Waals surface area contributed by atoms with Gasteiger partial charge in [0.1, 0.15) is 0 Å². The summed E-state index contributed by atoms with van der Waals surface area (Å²) in [5.74, 6) is 0. The van der Waals surface area contributed by atoms with Gasteiger partial charge in [-0.05, 0) is 43.2 Å². The van der Waals surface area contributed by atoms with Gasteiger partial charge in [0.05, 0.1) is 0 Å². The van der Waals surface area contributed by atoms with Gasteiger partial charge in [-0.25, -0.2) is 0 Å². The van der Waals surface area contributed by atoms with Crippen molar-refractivity contribution in [1.29, 1.82) is 0 Å². The first kappa shape index (κ1) is 12.9. The van der Waals surface area contributed by atoms with E-state index < -0.39 is 0 Å². The number of nitrogens with two attached hydrogens (primary N) is 1. The minimum atomic E-state index is -0.00706. The molecule has 2 rings (SSSR count). The van der Waals surface area contributed by atoms with Crippen LogP contribution in [0.1, 0.15) is 21.4 Å². The van der Waals surface area contributed by atoms with Crippen LogP contribution in [0.5, 0.6) is 0 Å². The van der Waals surface area contributed by atoms with Crippen molar-refractivity contribution in [2.75, 3.05) is 0 Å². The molecular weight excluding hydrogens is 273 g/mol. The summed E-state index contributed by atoms with van der Waals surface area (Å²) < 4.78 is 0. The molecule has 1 unspecified atom stereocenters. The number of rotatable bonds is 3. The van der Waals surface area contributed by atoms with Crippen LogP contribution < -0.4 is 5.73 Å². The van der Waals surface area contributed by atoms with E-state index >= 15 is 0 Å². The van der Waals surface area contributed by atoms with E-state index in [0.29, 0.717) is 10.0 Å². The summed E-state index contributed by atoms with van der Waals surface area (Å²) in [4.78, 5) is 2.46. The highest BCUT2D eigenvalue weighted by molar-refractivity contribution is 7.12. The third kappa shape index (κ3) is 3.23. The van der Waals surface area contributed by atoms with Crippen LogP contribution in [0.2, 0.25) is 10.0 Å². The summed E-state index contributed by atoms with van der Waals surface area (Å²) >= 11 is 13.7. The SMILES string of the molecule is Cc1ccc(C(N)Cc2ccc(Cl)cc2Cl)s1. The van der Waals surface area contributed by atoms with Crippen molar-refractivity contribution >= 4 is 34.5 Å². The maximum atomic E-state index is 6.17. The van der Waals surface area contributed by atoms with Crippen molar-refractivity contribution in [1.82, 2.24) is 0 Å². The Morgan fingerprint density at radius 2 is 2.00 bits per heavy atom. The fourth-order valence-electron chi connectivity index (χ4n) is 1.68. The van der Waals surface area contributed by atoms with Crippen molar-refractivity contribution in [3.05, 3.63) is 55.7 Å². The van der Waals surface area contributed by atoms with Crippen molar-refractivity contribution < 1.29 is 0 Å². The van der Waals surface area contributed by atoms with Gasteiger partial charge in [-0.3, -0.25) is 0 Å². The van der Waals surface area contributed by atoms with Gasteiger partial charge >= 0.3 is 0 Å². The molecule has 2 N–H and O–H groups in total. The van der Waals surface area contributed by atoms with Gasteiger partial charge in [0.25, 0.3) is 0 Å². The van der Waals surface area contributed by atoms with Crippen molar-refractivity contribution in [2.24, 2.45) is 5.73 Å². The first-order valence-corrected chi connectivity index (χ1v) is 6.89. The van der Waals surface area contributed by atoms with E-state index in [4.69, 9.17) is 28.9 Å². The molecule has 1 aromatic heterocycles. The lowest BCUT2D eigenvalue weighted by Gasteiger charge is -2.11. The predicted molar refractivity (Wildman–Crippen MR) is 76.2 cm³/mol. The smallest absolute Gasteiger partial charge is 0.0453 e. The molecule has 1 nitrogen and oxygen atoms in total. The third-order valence-electron chi connectivity index (χ3n) is 2.58. The highest BCUT2D eigenvalue weighted by atomic mass is 35.5. The van der Waals surface area contributed by atoms with Crippen LogP contribution in [0.15, 0.2) is 30.3 Å². The molecular formula is C13H13Cl2NS. The number of thiophene rings is 1. The Morgan fingerprint density at radius 1 is 1.24 bits per heavy atom. The third-order valence-corrected chi connectivity index (χ3v) is 4.30. The average molecular weight is 286 g/mol. The lowest BCUT2D eigenvalue weighted by atomic mass is 10.1. The second-order valence-corrected chi connectivity index (χ2v) is 6.16. The van der Waals surface area contributed by atoms with E-state index in [0.717, 1.165) is 12.0 Å². The summed E-state index contributed by atoms with van der Waals surface area (Å²) in [7, 11) is 0. The van der Waals surface area contributed by atoms with Crippen LogP contribution in [0.3, 0.4) is 0 Å². The molecule has 0 radical (unpaired) electrons. The molecule has 17 heavy (non-hydrogen) atoms. The van der Waals surface area contributed by atoms with Gasteiger partial charge in [-0.15, -0.1) is 11.3 Å². The first-order valence-electron chi connectivity index (χ1n) is 5.32. The molecule has 4 heteroatoms. The molecule has 0 aliphatic carbocycles. The molecule has 0 amide bonds. The second kappa shape index (κ2) is 5.40. The Balaban J connectivity index is 2.15. The quantitative estimate of drug-likeness (QED) is 0.876. The van der Waals surface area contributed by atoms with Crippen LogP contribution in [0.4, 0.5) is 0 Å². The van der Waals surface area contributed by atoms with E-state index in [1.807, 2.05) is 12.1 Å². The zero-order valence-electron chi connectivity index (χ0n) is 9.41. The number of benzene rings is 1. The lowest BCUT2D eigenvalue weighted by molar-refractivity contribution is 0.737. The first-order chi connectivity index (χ1) is 8.06. The number of halogens is 2. The molecule has 1 aromatic carbocycles. The second-order valence-electron chi connectivity index (χ2n) is 3.99. The molecule has 0 aliphatic rings. The molecule has 0 aliphatic heterocycles. The molecule has 0 spiro atoms.